The lowest BCUT2D eigenvalue weighted by Crippen LogP contribution is -2.45. The van der Waals surface area contributed by atoms with Crippen molar-refractivity contribution in [2.75, 3.05) is 13.2 Å². The first-order valence-electron chi connectivity index (χ1n) is 32.9. The molecule has 2 unspecified atom stereocenters. The lowest BCUT2D eigenvalue weighted by atomic mass is 10.0. The molecule has 0 aromatic heterocycles. The van der Waals surface area contributed by atoms with Crippen LogP contribution in [0.3, 0.4) is 0 Å². The number of esters is 1. The van der Waals surface area contributed by atoms with Gasteiger partial charge in [0.2, 0.25) is 5.91 Å². The Morgan fingerprint density at radius 1 is 0.378 bits per heavy atom. The Morgan fingerprint density at radius 2 is 0.676 bits per heavy atom. The Balaban J connectivity index is 3.50. The van der Waals surface area contributed by atoms with Gasteiger partial charge in [0.1, 0.15) is 0 Å². The highest BCUT2D eigenvalue weighted by Crippen LogP contribution is 2.17. The molecule has 0 aromatic rings. The maximum absolute atomic E-state index is 12.5. The van der Waals surface area contributed by atoms with Gasteiger partial charge >= 0.3 is 5.97 Å². The highest BCUT2D eigenvalue weighted by molar-refractivity contribution is 5.76. The van der Waals surface area contributed by atoms with Crippen LogP contribution < -0.4 is 5.32 Å². The fourth-order valence-corrected chi connectivity index (χ4v) is 10.0. The van der Waals surface area contributed by atoms with Gasteiger partial charge in [0, 0.05) is 12.8 Å². The first kappa shape index (κ1) is 71.8. The van der Waals surface area contributed by atoms with E-state index in [-0.39, 0.29) is 18.5 Å². The summed E-state index contributed by atoms with van der Waals surface area (Å²) in [5.41, 5.74) is 0. The molecule has 0 aliphatic carbocycles. The first-order valence-corrected chi connectivity index (χ1v) is 32.9. The molecule has 0 aromatic carbocycles. The van der Waals surface area contributed by atoms with E-state index in [1.165, 1.54) is 244 Å². The average Bonchev–Trinajstić information content (AvgIpc) is 3.40. The van der Waals surface area contributed by atoms with Crippen molar-refractivity contribution >= 4 is 11.9 Å². The van der Waals surface area contributed by atoms with Crippen LogP contribution in [0.25, 0.3) is 0 Å². The third-order valence-electron chi connectivity index (χ3n) is 15.1. The number of carbonyl (C=O) groups is 2. The van der Waals surface area contributed by atoms with Crippen LogP contribution in [0.15, 0.2) is 48.6 Å². The van der Waals surface area contributed by atoms with Gasteiger partial charge < -0.3 is 20.3 Å². The zero-order valence-corrected chi connectivity index (χ0v) is 49.6. The Labute approximate surface area is 461 Å². The molecule has 0 saturated heterocycles. The number of aliphatic hydroxyl groups excluding tert-OH is 2. The van der Waals surface area contributed by atoms with E-state index in [2.05, 4.69) is 55.6 Å². The van der Waals surface area contributed by atoms with Crippen LogP contribution in [0.2, 0.25) is 0 Å². The van der Waals surface area contributed by atoms with Crippen LogP contribution >= 0.6 is 0 Å². The van der Waals surface area contributed by atoms with Crippen LogP contribution in [0.1, 0.15) is 348 Å². The number of hydrogen-bond donors (Lipinski definition) is 3. The number of carbonyl (C=O) groups excluding carboxylic acids is 2. The zero-order valence-electron chi connectivity index (χ0n) is 49.6. The Bertz CT molecular complexity index is 1240. The molecule has 0 aliphatic rings. The third-order valence-corrected chi connectivity index (χ3v) is 15.1. The number of rotatable bonds is 61. The van der Waals surface area contributed by atoms with E-state index in [0.29, 0.717) is 19.4 Å². The molecular weight excluding hydrogens is 911 g/mol. The number of ether oxygens (including phenoxy) is 1. The van der Waals surface area contributed by atoms with Crippen molar-refractivity contribution < 1.29 is 24.5 Å². The van der Waals surface area contributed by atoms with Gasteiger partial charge in [-0.3, -0.25) is 9.59 Å². The molecule has 2 atom stereocenters. The molecule has 0 rings (SSSR count). The normalized spacial score (nSPS) is 12.9. The van der Waals surface area contributed by atoms with E-state index in [0.717, 1.165) is 77.0 Å². The zero-order chi connectivity index (χ0) is 53.6. The largest absolute Gasteiger partial charge is 0.466 e. The SMILES string of the molecule is CCCCCC/C=C\C/C=C\CCCCCCCCCC(=O)OCCCCCC/C=C\CCCCCCCCCC(=O)NC(CO)C(O)/C=C/CCCCCCCCCCCCCCCCCCCCCCCC. The van der Waals surface area contributed by atoms with Gasteiger partial charge in [0.15, 0.2) is 0 Å². The number of hydrogen-bond acceptors (Lipinski definition) is 5. The van der Waals surface area contributed by atoms with Gasteiger partial charge in [-0.1, -0.05) is 294 Å². The monoisotopic (exact) mass is 1040 g/mol. The van der Waals surface area contributed by atoms with Gasteiger partial charge in [-0.2, -0.15) is 0 Å². The van der Waals surface area contributed by atoms with Gasteiger partial charge in [-0.15, -0.1) is 0 Å². The van der Waals surface area contributed by atoms with E-state index in [1.807, 2.05) is 6.08 Å². The topological polar surface area (TPSA) is 95.9 Å². The minimum atomic E-state index is -0.857. The predicted octanol–water partition coefficient (Wildman–Crippen LogP) is 20.9. The molecule has 6 nitrogen and oxygen atoms in total. The quantitative estimate of drug-likeness (QED) is 0.0320. The van der Waals surface area contributed by atoms with Gasteiger partial charge in [0.05, 0.1) is 25.4 Å². The molecule has 0 aliphatic heterocycles. The number of amides is 1. The summed E-state index contributed by atoms with van der Waals surface area (Å²) in [5.74, 6) is -0.0992. The van der Waals surface area contributed by atoms with Crippen molar-refractivity contribution in [3.8, 4) is 0 Å². The van der Waals surface area contributed by atoms with Gasteiger partial charge in [-0.05, 0) is 89.9 Å². The molecule has 0 spiro atoms. The lowest BCUT2D eigenvalue weighted by Gasteiger charge is -2.20. The minimum Gasteiger partial charge on any atom is -0.466 e. The second-order valence-corrected chi connectivity index (χ2v) is 22.4. The summed E-state index contributed by atoms with van der Waals surface area (Å²) in [7, 11) is 0. The number of allylic oxidation sites excluding steroid dienone is 7. The third kappa shape index (κ3) is 59.1. The number of unbranched alkanes of at least 4 members (excludes halogenated alkanes) is 44. The number of nitrogens with one attached hydrogen (secondary N) is 1. The minimum absolute atomic E-state index is 0.0182. The summed E-state index contributed by atoms with van der Waals surface area (Å²) in [6.07, 6.45) is 81.6. The summed E-state index contributed by atoms with van der Waals surface area (Å²) in [5, 5.41) is 23.2. The standard InChI is InChI=1S/C68H127NO5/c1-3-5-7-9-11-13-15-17-19-21-23-24-25-26-27-28-29-32-36-40-44-48-52-56-60-66(71)65(64-70)69-67(72)61-57-53-49-45-41-37-33-31-35-39-43-47-51-55-59-63-74-68(73)62-58-54-50-46-42-38-34-30-22-20-18-16-14-12-10-8-6-4-2/h14,16,20,22,35,39,56,60,65-66,70-71H,3-13,15,17-19,21,23-34,36-38,40-55,57-59,61-64H2,1-2H3,(H,69,72)/b16-14-,22-20-,39-35-,60-56+. The van der Waals surface area contributed by atoms with Crippen molar-refractivity contribution in [1.29, 1.82) is 0 Å². The van der Waals surface area contributed by atoms with Gasteiger partial charge in [-0.25, -0.2) is 0 Å². The Hall–Kier alpha value is -2.18. The molecule has 6 heteroatoms. The Kier molecular flexibility index (Phi) is 61.5. The van der Waals surface area contributed by atoms with Crippen LogP contribution in [-0.2, 0) is 14.3 Å². The van der Waals surface area contributed by atoms with Crippen molar-refractivity contribution in [2.45, 2.75) is 360 Å². The molecule has 74 heavy (non-hydrogen) atoms. The molecule has 0 saturated carbocycles. The van der Waals surface area contributed by atoms with Gasteiger partial charge in [0.25, 0.3) is 0 Å². The maximum Gasteiger partial charge on any atom is 0.305 e. The summed E-state index contributed by atoms with van der Waals surface area (Å²) in [6.45, 7) is 4.87. The summed E-state index contributed by atoms with van der Waals surface area (Å²) in [4.78, 5) is 24.6. The van der Waals surface area contributed by atoms with E-state index in [9.17, 15) is 19.8 Å². The molecule has 434 valence electrons. The van der Waals surface area contributed by atoms with Crippen molar-refractivity contribution in [2.24, 2.45) is 0 Å². The van der Waals surface area contributed by atoms with Crippen LogP contribution in [-0.4, -0.2) is 47.4 Å². The smallest absolute Gasteiger partial charge is 0.305 e. The highest BCUT2D eigenvalue weighted by atomic mass is 16.5. The molecule has 0 radical (unpaired) electrons. The second kappa shape index (κ2) is 63.4. The first-order chi connectivity index (χ1) is 36.5. The van der Waals surface area contributed by atoms with E-state index < -0.39 is 12.1 Å². The number of aliphatic hydroxyl groups is 2. The van der Waals surface area contributed by atoms with Crippen LogP contribution in [0, 0.1) is 0 Å². The average molecular weight is 1040 g/mol. The van der Waals surface area contributed by atoms with Crippen LogP contribution in [0.4, 0.5) is 0 Å². The molecular formula is C68H127NO5. The Morgan fingerprint density at radius 3 is 1.05 bits per heavy atom. The summed E-state index contributed by atoms with van der Waals surface area (Å²) >= 11 is 0. The second-order valence-electron chi connectivity index (χ2n) is 22.4. The van der Waals surface area contributed by atoms with Crippen molar-refractivity contribution in [3.63, 3.8) is 0 Å². The molecule has 0 heterocycles. The lowest BCUT2D eigenvalue weighted by molar-refractivity contribution is -0.143. The molecule has 1 amide bonds. The predicted molar refractivity (Wildman–Crippen MR) is 324 cm³/mol. The molecule has 0 fully saturated rings. The fourth-order valence-electron chi connectivity index (χ4n) is 10.0. The fraction of sp³-hybridized carbons (Fsp3) is 0.853. The van der Waals surface area contributed by atoms with Crippen molar-refractivity contribution in [1.82, 2.24) is 5.32 Å². The van der Waals surface area contributed by atoms with E-state index in [4.69, 9.17) is 4.74 Å². The molecule has 3 N–H and O–H groups in total. The van der Waals surface area contributed by atoms with Crippen molar-refractivity contribution in [3.05, 3.63) is 48.6 Å². The summed E-state index contributed by atoms with van der Waals surface area (Å²) in [6, 6.07) is -0.642. The highest BCUT2D eigenvalue weighted by Gasteiger charge is 2.18. The maximum atomic E-state index is 12.5. The summed E-state index contributed by atoms with van der Waals surface area (Å²) < 4.78 is 5.48. The molecule has 0 bridgehead atoms. The van der Waals surface area contributed by atoms with E-state index in [1.54, 1.807) is 6.08 Å². The van der Waals surface area contributed by atoms with E-state index >= 15 is 0 Å². The van der Waals surface area contributed by atoms with Crippen LogP contribution in [0.5, 0.6) is 0 Å².